The van der Waals surface area contributed by atoms with E-state index in [1.165, 1.54) is 0 Å². The zero-order chi connectivity index (χ0) is 17.2. The Morgan fingerprint density at radius 3 is 2.64 bits per heavy atom. The number of anilines is 1. The summed E-state index contributed by atoms with van der Waals surface area (Å²) in [5.74, 6) is 0.309. The molecule has 1 fully saturated rings. The Hall–Kier alpha value is -2.27. The number of aromatic nitrogens is 2. The second-order valence-corrected chi connectivity index (χ2v) is 7.25. The molecule has 1 saturated carbocycles. The molecule has 128 valence electrons. The summed E-state index contributed by atoms with van der Waals surface area (Å²) in [6.07, 6.45) is 6.37. The lowest BCUT2D eigenvalue weighted by molar-refractivity contribution is -0.119. The lowest BCUT2D eigenvalue weighted by Crippen LogP contribution is -2.20. The number of carbonyl (C=O) groups is 1. The second kappa shape index (κ2) is 6.92. The minimum absolute atomic E-state index is 0.146. The molecule has 1 aliphatic rings. The molecule has 1 aliphatic carbocycles. The van der Waals surface area contributed by atoms with Crippen LogP contribution in [0.1, 0.15) is 25.7 Å². The molecule has 0 bridgehead atoms. The van der Waals surface area contributed by atoms with Crippen molar-refractivity contribution in [2.45, 2.75) is 30.7 Å². The van der Waals surface area contributed by atoms with E-state index in [9.17, 15) is 4.79 Å². The van der Waals surface area contributed by atoms with E-state index in [0.717, 1.165) is 53.0 Å². The maximum atomic E-state index is 12.4. The van der Waals surface area contributed by atoms with E-state index < -0.39 is 0 Å². The number of hydrogen-bond donors (Lipinski definition) is 1. The van der Waals surface area contributed by atoms with Crippen molar-refractivity contribution in [2.75, 3.05) is 11.6 Å². The van der Waals surface area contributed by atoms with Crippen LogP contribution in [0.3, 0.4) is 0 Å². The highest BCUT2D eigenvalue weighted by molar-refractivity contribution is 7.98. The highest BCUT2D eigenvalue weighted by Gasteiger charge is 2.23. The van der Waals surface area contributed by atoms with Crippen LogP contribution in [0.5, 0.6) is 0 Å². The number of rotatable bonds is 4. The van der Waals surface area contributed by atoms with Gasteiger partial charge in [0.2, 0.25) is 5.91 Å². The molecule has 0 spiro atoms. The fraction of sp³-hybridized carbons (Fsp3) is 0.300. The van der Waals surface area contributed by atoms with Crippen LogP contribution in [0.4, 0.5) is 5.69 Å². The number of carbonyl (C=O) groups excluding carboxylic acids is 1. The lowest BCUT2D eigenvalue weighted by atomic mass is 10.1. The first-order chi connectivity index (χ1) is 12.3. The van der Waals surface area contributed by atoms with E-state index in [-0.39, 0.29) is 11.8 Å². The monoisotopic (exact) mass is 351 g/mol. The van der Waals surface area contributed by atoms with Gasteiger partial charge in [0.1, 0.15) is 5.03 Å². The SMILES string of the molecule is CSc1nn(-c2ccccc2)c2cc(NC(=O)C3CCCC3)ccc12. The maximum Gasteiger partial charge on any atom is 0.227 e. The van der Waals surface area contributed by atoms with E-state index >= 15 is 0 Å². The van der Waals surface area contributed by atoms with E-state index in [2.05, 4.69) is 11.4 Å². The van der Waals surface area contributed by atoms with Crippen LogP contribution in [0, 0.1) is 5.92 Å². The van der Waals surface area contributed by atoms with Crippen molar-refractivity contribution < 1.29 is 4.79 Å². The largest absolute Gasteiger partial charge is 0.326 e. The number of benzene rings is 2. The number of amides is 1. The van der Waals surface area contributed by atoms with Gasteiger partial charge < -0.3 is 5.32 Å². The van der Waals surface area contributed by atoms with E-state index in [0.29, 0.717) is 0 Å². The quantitative estimate of drug-likeness (QED) is 0.682. The predicted molar refractivity (Wildman–Crippen MR) is 103 cm³/mol. The Labute approximate surface area is 151 Å². The van der Waals surface area contributed by atoms with E-state index in [4.69, 9.17) is 5.10 Å². The summed E-state index contributed by atoms with van der Waals surface area (Å²) in [5, 5.41) is 9.94. The third-order valence-electron chi connectivity index (χ3n) is 4.83. The zero-order valence-corrected chi connectivity index (χ0v) is 15.1. The van der Waals surface area contributed by atoms with Crippen molar-refractivity contribution in [3.63, 3.8) is 0 Å². The van der Waals surface area contributed by atoms with Crippen LogP contribution in [0.25, 0.3) is 16.6 Å². The smallest absolute Gasteiger partial charge is 0.227 e. The number of para-hydroxylation sites is 1. The molecule has 1 aromatic heterocycles. The van der Waals surface area contributed by atoms with E-state index in [1.54, 1.807) is 11.8 Å². The minimum Gasteiger partial charge on any atom is -0.326 e. The number of thioether (sulfide) groups is 1. The first-order valence-corrected chi connectivity index (χ1v) is 9.92. The molecule has 2 aromatic carbocycles. The summed E-state index contributed by atoms with van der Waals surface area (Å²) in [5.41, 5.74) is 2.88. The van der Waals surface area contributed by atoms with Gasteiger partial charge in [0.05, 0.1) is 11.2 Å². The van der Waals surface area contributed by atoms with E-state index in [1.807, 2.05) is 53.4 Å². The Balaban J connectivity index is 1.72. The molecule has 0 radical (unpaired) electrons. The van der Waals surface area contributed by atoms with Gasteiger partial charge in [-0.1, -0.05) is 31.0 Å². The molecule has 0 atom stereocenters. The van der Waals surface area contributed by atoms with Gasteiger partial charge in [0.25, 0.3) is 0 Å². The van der Waals surface area contributed by atoms with Gasteiger partial charge in [-0.3, -0.25) is 4.79 Å². The molecule has 4 nitrogen and oxygen atoms in total. The summed E-state index contributed by atoms with van der Waals surface area (Å²) in [6, 6.07) is 16.2. The third kappa shape index (κ3) is 3.16. The molecular formula is C20H21N3OS. The van der Waals surface area contributed by atoms with Crippen LogP contribution < -0.4 is 5.32 Å². The van der Waals surface area contributed by atoms with Gasteiger partial charge in [-0.05, 0) is 49.4 Å². The average Bonchev–Trinajstić information content (AvgIpc) is 3.30. The Kier molecular flexibility index (Phi) is 4.49. The summed E-state index contributed by atoms with van der Waals surface area (Å²) in [6.45, 7) is 0. The maximum absolute atomic E-state index is 12.4. The normalized spacial score (nSPS) is 14.9. The lowest BCUT2D eigenvalue weighted by Gasteiger charge is -2.11. The average molecular weight is 351 g/mol. The minimum atomic E-state index is 0.146. The van der Waals surface area contributed by atoms with Crippen LogP contribution in [0.2, 0.25) is 0 Å². The molecule has 1 amide bonds. The number of hydrogen-bond acceptors (Lipinski definition) is 3. The fourth-order valence-electron chi connectivity index (χ4n) is 3.51. The third-order valence-corrected chi connectivity index (χ3v) is 5.52. The molecule has 0 aliphatic heterocycles. The zero-order valence-electron chi connectivity index (χ0n) is 14.2. The fourth-order valence-corrected chi connectivity index (χ4v) is 4.07. The molecular weight excluding hydrogens is 330 g/mol. The molecule has 25 heavy (non-hydrogen) atoms. The molecule has 0 unspecified atom stereocenters. The van der Waals surface area contributed by atoms with Crippen LogP contribution in [-0.4, -0.2) is 21.9 Å². The van der Waals surface area contributed by atoms with Crippen molar-refractivity contribution in [1.82, 2.24) is 9.78 Å². The van der Waals surface area contributed by atoms with Crippen molar-refractivity contribution in [1.29, 1.82) is 0 Å². The summed E-state index contributed by atoms with van der Waals surface area (Å²) < 4.78 is 1.95. The van der Waals surface area contributed by atoms with Gasteiger partial charge in [0, 0.05) is 17.0 Å². The number of nitrogens with zero attached hydrogens (tertiary/aromatic N) is 2. The highest BCUT2D eigenvalue weighted by atomic mass is 32.2. The Morgan fingerprint density at radius 1 is 1.16 bits per heavy atom. The molecule has 1 N–H and O–H groups in total. The van der Waals surface area contributed by atoms with Crippen molar-refractivity contribution in [3.05, 3.63) is 48.5 Å². The molecule has 3 aromatic rings. The Morgan fingerprint density at radius 2 is 1.92 bits per heavy atom. The van der Waals surface area contributed by atoms with Crippen LogP contribution >= 0.6 is 11.8 Å². The van der Waals surface area contributed by atoms with Crippen molar-refractivity contribution in [2.24, 2.45) is 5.92 Å². The summed E-state index contributed by atoms with van der Waals surface area (Å²) >= 11 is 1.63. The van der Waals surface area contributed by atoms with Gasteiger partial charge in [-0.2, -0.15) is 5.10 Å². The van der Waals surface area contributed by atoms with Crippen molar-refractivity contribution in [3.8, 4) is 5.69 Å². The van der Waals surface area contributed by atoms with Crippen molar-refractivity contribution >= 4 is 34.3 Å². The highest BCUT2D eigenvalue weighted by Crippen LogP contribution is 2.31. The molecule has 5 heteroatoms. The molecule has 4 rings (SSSR count). The number of nitrogens with one attached hydrogen (secondary N) is 1. The van der Waals surface area contributed by atoms with Gasteiger partial charge in [-0.25, -0.2) is 4.68 Å². The second-order valence-electron chi connectivity index (χ2n) is 6.46. The van der Waals surface area contributed by atoms with Gasteiger partial charge in [0.15, 0.2) is 0 Å². The Bertz CT molecular complexity index is 898. The van der Waals surface area contributed by atoms with Crippen LogP contribution in [0.15, 0.2) is 53.6 Å². The number of fused-ring (bicyclic) bond motifs is 1. The first kappa shape index (κ1) is 16.2. The molecule has 1 heterocycles. The van der Waals surface area contributed by atoms with Crippen LogP contribution in [-0.2, 0) is 4.79 Å². The predicted octanol–water partition coefficient (Wildman–Crippen LogP) is 4.88. The van der Waals surface area contributed by atoms with Gasteiger partial charge >= 0.3 is 0 Å². The topological polar surface area (TPSA) is 46.9 Å². The summed E-state index contributed by atoms with van der Waals surface area (Å²) in [4.78, 5) is 12.4. The first-order valence-electron chi connectivity index (χ1n) is 8.69. The molecule has 0 saturated heterocycles. The standard InChI is InChI=1S/C20H21N3OS/c1-25-20-17-12-11-15(21-19(24)14-7-5-6-8-14)13-18(17)23(22-20)16-9-3-2-4-10-16/h2-4,9-14H,5-8H2,1H3,(H,21,24). The van der Waals surface area contributed by atoms with Gasteiger partial charge in [-0.15, -0.1) is 11.8 Å². The summed E-state index contributed by atoms with van der Waals surface area (Å²) in [7, 11) is 0.